The summed E-state index contributed by atoms with van der Waals surface area (Å²) in [7, 11) is 0. The average Bonchev–Trinajstić information content (AvgIpc) is 3.22. The predicted octanol–water partition coefficient (Wildman–Crippen LogP) is 3.93. The van der Waals surface area contributed by atoms with E-state index in [-0.39, 0.29) is 18.3 Å². The minimum atomic E-state index is -0.333. The molecule has 0 unspecified atom stereocenters. The first-order valence-corrected chi connectivity index (χ1v) is 9.70. The summed E-state index contributed by atoms with van der Waals surface area (Å²) in [6.45, 7) is 3.96. The molecule has 1 amide bonds. The van der Waals surface area contributed by atoms with Gasteiger partial charge in [-0.1, -0.05) is 30.3 Å². The highest BCUT2D eigenvalue weighted by Crippen LogP contribution is 2.29. The summed E-state index contributed by atoms with van der Waals surface area (Å²) >= 11 is 2.61. The molecule has 2 heterocycles. The van der Waals surface area contributed by atoms with E-state index in [9.17, 15) is 9.59 Å². The lowest BCUT2D eigenvalue weighted by atomic mass is 10.1. The van der Waals surface area contributed by atoms with Gasteiger partial charge in [0.2, 0.25) is 0 Å². The molecule has 0 aliphatic heterocycles. The van der Waals surface area contributed by atoms with Gasteiger partial charge in [-0.2, -0.15) is 0 Å². The molecule has 0 radical (unpaired) electrons. The summed E-state index contributed by atoms with van der Waals surface area (Å²) in [6.07, 6.45) is 0.0924. The Morgan fingerprint density at radius 2 is 1.96 bits per heavy atom. The number of thiazole rings is 2. The van der Waals surface area contributed by atoms with Crippen LogP contribution in [0.5, 0.6) is 0 Å². The fourth-order valence-corrected chi connectivity index (χ4v) is 3.87. The van der Waals surface area contributed by atoms with Crippen LogP contribution in [0.25, 0.3) is 11.3 Å². The van der Waals surface area contributed by atoms with Gasteiger partial charge in [-0.15, -0.1) is 22.7 Å². The molecule has 6 nitrogen and oxygen atoms in total. The highest BCUT2D eigenvalue weighted by Gasteiger charge is 2.19. The SMILES string of the molecule is CCOC(=O)Cc1csc(NC(=O)c2sc(C)nc2-c2ccccc2)n1. The molecule has 1 aromatic carbocycles. The number of aromatic nitrogens is 2. The van der Waals surface area contributed by atoms with Crippen LogP contribution in [0.15, 0.2) is 35.7 Å². The third-order valence-electron chi connectivity index (χ3n) is 3.39. The van der Waals surface area contributed by atoms with Gasteiger partial charge in [-0.25, -0.2) is 9.97 Å². The van der Waals surface area contributed by atoms with E-state index < -0.39 is 0 Å². The Labute approximate surface area is 158 Å². The van der Waals surface area contributed by atoms with Crippen LogP contribution >= 0.6 is 22.7 Å². The Hall–Kier alpha value is -2.58. The van der Waals surface area contributed by atoms with E-state index in [0.29, 0.717) is 28.0 Å². The normalized spacial score (nSPS) is 10.5. The second kappa shape index (κ2) is 8.20. The molecule has 0 fully saturated rings. The molecule has 3 aromatic rings. The summed E-state index contributed by atoms with van der Waals surface area (Å²) in [5, 5.41) is 5.79. The van der Waals surface area contributed by atoms with Crippen LogP contribution in [0, 0.1) is 6.92 Å². The molecule has 0 saturated heterocycles. The number of amides is 1. The van der Waals surface area contributed by atoms with Crippen LogP contribution in [0.3, 0.4) is 0 Å². The van der Waals surface area contributed by atoms with Crippen molar-refractivity contribution >= 4 is 39.7 Å². The summed E-state index contributed by atoms with van der Waals surface area (Å²) < 4.78 is 4.90. The van der Waals surface area contributed by atoms with Gasteiger partial charge in [0.25, 0.3) is 5.91 Å². The maximum Gasteiger partial charge on any atom is 0.311 e. The third-order valence-corrected chi connectivity index (χ3v) is 5.17. The van der Waals surface area contributed by atoms with Crippen LogP contribution < -0.4 is 5.32 Å². The number of ether oxygens (including phenoxy) is 1. The minimum Gasteiger partial charge on any atom is -0.466 e. The molecular formula is C18H17N3O3S2. The lowest BCUT2D eigenvalue weighted by Crippen LogP contribution is -2.12. The Morgan fingerprint density at radius 1 is 1.19 bits per heavy atom. The molecule has 0 bridgehead atoms. The monoisotopic (exact) mass is 387 g/mol. The predicted molar refractivity (Wildman–Crippen MR) is 103 cm³/mol. The quantitative estimate of drug-likeness (QED) is 0.648. The maximum absolute atomic E-state index is 12.7. The minimum absolute atomic E-state index is 0.0924. The number of hydrogen-bond donors (Lipinski definition) is 1. The molecule has 0 atom stereocenters. The Bertz CT molecular complexity index is 919. The van der Waals surface area contributed by atoms with E-state index in [1.807, 2.05) is 37.3 Å². The summed E-state index contributed by atoms with van der Waals surface area (Å²) in [5.41, 5.74) is 2.13. The van der Waals surface area contributed by atoms with Crippen LogP contribution in [-0.2, 0) is 16.0 Å². The first-order valence-electron chi connectivity index (χ1n) is 8.01. The molecule has 0 spiro atoms. The lowest BCUT2D eigenvalue weighted by Gasteiger charge is -2.02. The van der Waals surface area contributed by atoms with E-state index >= 15 is 0 Å². The van der Waals surface area contributed by atoms with Gasteiger partial charge in [0, 0.05) is 10.9 Å². The molecular weight excluding hydrogens is 370 g/mol. The van der Waals surface area contributed by atoms with Crippen molar-refractivity contribution in [3.8, 4) is 11.3 Å². The first kappa shape index (κ1) is 18.2. The van der Waals surface area contributed by atoms with Crippen molar-refractivity contribution < 1.29 is 14.3 Å². The zero-order valence-corrected chi connectivity index (χ0v) is 15.9. The number of carbonyl (C=O) groups is 2. The van der Waals surface area contributed by atoms with E-state index in [1.54, 1.807) is 12.3 Å². The Kier molecular flexibility index (Phi) is 5.75. The largest absolute Gasteiger partial charge is 0.466 e. The van der Waals surface area contributed by atoms with Gasteiger partial charge in [-0.3, -0.25) is 14.9 Å². The number of nitrogens with one attached hydrogen (secondary N) is 1. The molecule has 0 aliphatic carbocycles. The van der Waals surface area contributed by atoms with Crippen LogP contribution in [0.1, 0.15) is 27.3 Å². The van der Waals surface area contributed by atoms with Crippen molar-refractivity contribution in [3.05, 3.63) is 51.3 Å². The highest BCUT2D eigenvalue weighted by molar-refractivity contribution is 7.15. The van der Waals surface area contributed by atoms with Gasteiger partial charge in [0.15, 0.2) is 5.13 Å². The van der Waals surface area contributed by atoms with E-state index in [2.05, 4.69) is 15.3 Å². The smallest absolute Gasteiger partial charge is 0.311 e. The highest BCUT2D eigenvalue weighted by atomic mass is 32.1. The number of benzene rings is 1. The third kappa shape index (κ3) is 4.33. The fourth-order valence-electron chi connectivity index (χ4n) is 2.33. The van der Waals surface area contributed by atoms with Crippen molar-refractivity contribution in [3.63, 3.8) is 0 Å². The average molecular weight is 387 g/mol. The number of anilines is 1. The molecule has 1 N–H and O–H groups in total. The van der Waals surface area contributed by atoms with Crippen molar-refractivity contribution in [1.29, 1.82) is 0 Å². The first-order chi connectivity index (χ1) is 12.6. The van der Waals surface area contributed by atoms with Gasteiger partial charge in [0.05, 0.1) is 29.4 Å². The molecule has 2 aromatic heterocycles. The standard InChI is InChI=1S/C18H17N3O3S2/c1-3-24-14(22)9-13-10-25-18(20-13)21-17(23)16-15(19-11(2)26-16)12-7-5-4-6-8-12/h4-8,10H,3,9H2,1-2H3,(H,20,21,23). The number of rotatable bonds is 6. The molecule has 0 aliphatic rings. The number of hydrogen-bond acceptors (Lipinski definition) is 7. The molecule has 8 heteroatoms. The van der Waals surface area contributed by atoms with E-state index in [4.69, 9.17) is 4.74 Å². The lowest BCUT2D eigenvalue weighted by molar-refractivity contribution is -0.142. The van der Waals surface area contributed by atoms with E-state index in [1.165, 1.54) is 22.7 Å². The molecule has 134 valence electrons. The summed E-state index contributed by atoms with van der Waals surface area (Å²) in [5.74, 6) is -0.591. The topological polar surface area (TPSA) is 81.2 Å². The molecule has 3 rings (SSSR count). The summed E-state index contributed by atoms with van der Waals surface area (Å²) in [6, 6.07) is 9.59. The second-order valence-electron chi connectivity index (χ2n) is 5.36. The zero-order valence-electron chi connectivity index (χ0n) is 14.3. The number of aryl methyl sites for hydroxylation is 1. The van der Waals surface area contributed by atoms with Gasteiger partial charge in [0.1, 0.15) is 4.88 Å². The Balaban J connectivity index is 1.75. The van der Waals surface area contributed by atoms with Crippen molar-refractivity contribution in [2.75, 3.05) is 11.9 Å². The fraction of sp³-hybridized carbons (Fsp3) is 0.222. The van der Waals surface area contributed by atoms with Gasteiger partial charge in [-0.05, 0) is 13.8 Å². The zero-order chi connectivity index (χ0) is 18.5. The van der Waals surface area contributed by atoms with Crippen LogP contribution in [0.2, 0.25) is 0 Å². The van der Waals surface area contributed by atoms with Crippen molar-refractivity contribution in [2.24, 2.45) is 0 Å². The van der Waals surface area contributed by atoms with Crippen LogP contribution in [0.4, 0.5) is 5.13 Å². The summed E-state index contributed by atoms with van der Waals surface area (Å²) in [4.78, 5) is 33.5. The van der Waals surface area contributed by atoms with Gasteiger partial charge < -0.3 is 4.74 Å². The van der Waals surface area contributed by atoms with Gasteiger partial charge >= 0.3 is 5.97 Å². The molecule has 0 saturated carbocycles. The molecule has 26 heavy (non-hydrogen) atoms. The van der Waals surface area contributed by atoms with Crippen molar-refractivity contribution in [1.82, 2.24) is 9.97 Å². The van der Waals surface area contributed by atoms with Crippen molar-refractivity contribution in [2.45, 2.75) is 20.3 Å². The Morgan fingerprint density at radius 3 is 2.69 bits per heavy atom. The van der Waals surface area contributed by atoms with E-state index in [0.717, 1.165) is 10.6 Å². The van der Waals surface area contributed by atoms with Crippen LogP contribution in [-0.4, -0.2) is 28.5 Å². The second-order valence-corrected chi connectivity index (χ2v) is 7.42. The maximum atomic E-state index is 12.7. The number of esters is 1. The number of carbonyl (C=O) groups excluding carboxylic acids is 2. The number of nitrogens with zero attached hydrogens (tertiary/aromatic N) is 2.